The third-order valence-corrected chi connectivity index (χ3v) is 5.50. The van der Waals surface area contributed by atoms with Gasteiger partial charge in [-0.15, -0.1) is 0 Å². The van der Waals surface area contributed by atoms with Gasteiger partial charge in [-0.05, 0) is 97.2 Å². The molecule has 0 unspecified atom stereocenters. The van der Waals surface area contributed by atoms with Crippen molar-refractivity contribution >= 4 is 0 Å². The van der Waals surface area contributed by atoms with Gasteiger partial charge in [0.2, 0.25) is 0 Å². The van der Waals surface area contributed by atoms with Crippen molar-refractivity contribution in [1.82, 2.24) is 0 Å². The van der Waals surface area contributed by atoms with E-state index in [9.17, 15) is 5.11 Å². The van der Waals surface area contributed by atoms with Gasteiger partial charge in [-0.3, -0.25) is 0 Å². The zero-order chi connectivity index (χ0) is 18.8. The van der Waals surface area contributed by atoms with Crippen LogP contribution in [0.3, 0.4) is 0 Å². The average molecular weight is 344 g/mol. The summed E-state index contributed by atoms with van der Waals surface area (Å²) in [7, 11) is 0. The first kappa shape index (κ1) is 18.3. The van der Waals surface area contributed by atoms with E-state index in [1.165, 1.54) is 44.5 Å². The monoisotopic (exact) mass is 344 g/mol. The highest BCUT2D eigenvalue weighted by molar-refractivity contribution is 5.46. The summed E-state index contributed by atoms with van der Waals surface area (Å²) in [5.74, 6) is 0.374. The van der Waals surface area contributed by atoms with Crippen molar-refractivity contribution in [2.24, 2.45) is 0 Å². The summed E-state index contributed by atoms with van der Waals surface area (Å²) >= 11 is 0. The van der Waals surface area contributed by atoms with Crippen molar-refractivity contribution < 1.29 is 5.11 Å². The fourth-order valence-corrected chi connectivity index (χ4v) is 3.61. The van der Waals surface area contributed by atoms with Gasteiger partial charge < -0.3 is 5.11 Å². The molecule has 0 aromatic heterocycles. The Balaban J connectivity index is 1.96. The fourth-order valence-electron chi connectivity index (χ4n) is 3.61. The average Bonchev–Trinajstić information content (AvgIpc) is 2.58. The lowest BCUT2D eigenvalue weighted by molar-refractivity contribution is 0.469. The van der Waals surface area contributed by atoms with Crippen LogP contribution in [-0.2, 0) is 12.8 Å². The number of phenols is 1. The molecule has 134 valence electrons. The summed E-state index contributed by atoms with van der Waals surface area (Å²) in [6.07, 6.45) is 1.71. The van der Waals surface area contributed by atoms with Gasteiger partial charge >= 0.3 is 0 Å². The number of phenolic OH excluding ortho intramolecular Hbond substituents is 1. The second kappa shape index (κ2) is 7.37. The van der Waals surface area contributed by atoms with Crippen LogP contribution in [-0.4, -0.2) is 5.11 Å². The van der Waals surface area contributed by atoms with Gasteiger partial charge in [0.1, 0.15) is 5.75 Å². The van der Waals surface area contributed by atoms with Gasteiger partial charge in [-0.1, -0.05) is 42.5 Å². The van der Waals surface area contributed by atoms with E-state index in [0.29, 0.717) is 5.75 Å². The Morgan fingerprint density at radius 1 is 0.538 bits per heavy atom. The second-order valence-electron chi connectivity index (χ2n) is 7.55. The molecule has 0 heterocycles. The third-order valence-electron chi connectivity index (χ3n) is 5.50. The Hall–Kier alpha value is -2.54. The Morgan fingerprint density at radius 2 is 1.00 bits per heavy atom. The standard InChI is InChI=1S/C25H28O/c1-16-10-18(3)22(12-17(16)2)14-24-15-23(19(4)11-20(24)5)13-21-8-6-7-9-25(21)26/h6-12,15,26H,13-14H2,1-5H3. The molecule has 3 aromatic rings. The van der Waals surface area contributed by atoms with Gasteiger partial charge in [0.05, 0.1) is 0 Å². The van der Waals surface area contributed by atoms with Gasteiger partial charge in [0.15, 0.2) is 0 Å². The first-order chi connectivity index (χ1) is 12.3. The Bertz CT molecular complexity index is 951. The molecule has 1 nitrogen and oxygen atoms in total. The highest BCUT2D eigenvalue weighted by Gasteiger charge is 2.10. The SMILES string of the molecule is Cc1cc(C)c(Cc2cc(Cc3ccccc3O)c(C)cc2C)cc1C. The number of para-hydroxylation sites is 1. The third kappa shape index (κ3) is 3.83. The topological polar surface area (TPSA) is 20.2 Å². The van der Waals surface area contributed by atoms with Crippen LogP contribution in [0.5, 0.6) is 5.75 Å². The van der Waals surface area contributed by atoms with E-state index < -0.39 is 0 Å². The predicted octanol–water partition coefficient (Wildman–Crippen LogP) is 6.12. The van der Waals surface area contributed by atoms with E-state index in [2.05, 4.69) is 58.9 Å². The maximum atomic E-state index is 10.1. The summed E-state index contributed by atoms with van der Waals surface area (Å²) in [6, 6.07) is 16.8. The van der Waals surface area contributed by atoms with Crippen LogP contribution in [0.4, 0.5) is 0 Å². The molecule has 0 bridgehead atoms. The van der Waals surface area contributed by atoms with E-state index >= 15 is 0 Å². The minimum absolute atomic E-state index is 0.374. The summed E-state index contributed by atoms with van der Waals surface area (Å²) in [6.45, 7) is 10.9. The largest absolute Gasteiger partial charge is 0.508 e. The molecular weight excluding hydrogens is 316 g/mol. The summed E-state index contributed by atoms with van der Waals surface area (Å²) in [4.78, 5) is 0. The Labute approximate surface area is 157 Å². The van der Waals surface area contributed by atoms with Crippen molar-refractivity contribution in [3.8, 4) is 5.75 Å². The van der Waals surface area contributed by atoms with Crippen molar-refractivity contribution in [2.45, 2.75) is 47.5 Å². The lowest BCUT2D eigenvalue weighted by atomic mass is 9.90. The molecule has 1 N–H and O–H groups in total. The van der Waals surface area contributed by atoms with Crippen LogP contribution in [0.1, 0.15) is 50.1 Å². The molecule has 0 fully saturated rings. The molecule has 1 heteroatoms. The maximum Gasteiger partial charge on any atom is 0.119 e. The van der Waals surface area contributed by atoms with Crippen LogP contribution in [0.25, 0.3) is 0 Å². The van der Waals surface area contributed by atoms with Gasteiger partial charge in [0.25, 0.3) is 0 Å². The first-order valence-electron chi connectivity index (χ1n) is 9.27. The van der Waals surface area contributed by atoms with E-state index in [0.717, 1.165) is 18.4 Å². The lowest BCUT2D eigenvalue weighted by Crippen LogP contribution is -2.01. The van der Waals surface area contributed by atoms with Crippen molar-refractivity contribution in [2.75, 3.05) is 0 Å². The second-order valence-corrected chi connectivity index (χ2v) is 7.55. The normalized spacial score (nSPS) is 11.0. The Morgan fingerprint density at radius 3 is 1.62 bits per heavy atom. The maximum absolute atomic E-state index is 10.1. The van der Waals surface area contributed by atoms with Crippen molar-refractivity contribution in [3.63, 3.8) is 0 Å². The van der Waals surface area contributed by atoms with Crippen LogP contribution in [0.15, 0.2) is 48.5 Å². The number of aryl methyl sites for hydroxylation is 5. The molecule has 0 spiro atoms. The summed E-state index contributed by atoms with van der Waals surface area (Å²) in [5, 5.41) is 10.1. The van der Waals surface area contributed by atoms with Gasteiger partial charge in [-0.2, -0.15) is 0 Å². The number of benzene rings is 3. The van der Waals surface area contributed by atoms with Crippen LogP contribution in [0, 0.1) is 34.6 Å². The van der Waals surface area contributed by atoms with E-state index in [4.69, 9.17) is 0 Å². The Kier molecular flexibility index (Phi) is 5.18. The quantitative estimate of drug-likeness (QED) is 0.605. The smallest absolute Gasteiger partial charge is 0.119 e. The molecule has 0 atom stereocenters. The number of hydrogen-bond donors (Lipinski definition) is 1. The predicted molar refractivity (Wildman–Crippen MR) is 110 cm³/mol. The molecule has 0 aliphatic heterocycles. The molecule has 0 saturated carbocycles. The summed E-state index contributed by atoms with van der Waals surface area (Å²) < 4.78 is 0. The molecular formula is C25H28O. The highest BCUT2D eigenvalue weighted by atomic mass is 16.3. The van der Waals surface area contributed by atoms with Gasteiger partial charge in [0, 0.05) is 6.42 Å². The van der Waals surface area contributed by atoms with E-state index in [1.54, 1.807) is 6.07 Å². The number of aromatic hydroxyl groups is 1. The molecule has 0 saturated heterocycles. The van der Waals surface area contributed by atoms with Crippen molar-refractivity contribution in [1.29, 1.82) is 0 Å². The van der Waals surface area contributed by atoms with Crippen LogP contribution >= 0.6 is 0 Å². The molecule has 3 aromatic carbocycles. The fraction of sp³-hybridized carbons (Fsp3) is 0.280. The van der Waals surface area contributed by atoms with Crippen LogP contribution in [0.2, 0.25) is 0 Å². The first-order valence-corrected chi connectivity index (χ1v) is 9.27. The number of hydrogen-bond acceptors (Lipinski definition) is 1. The molecule has 3 rings (SSSR count). The van der Waals surface area contributed by atoms with Crippen molar-refractivity contribution in [3.05, 3.63) is 98.6 Å². The molecule has 26 heavy (non-hydrogen) atoms. The zero-order valence-electron chi connectivity index (χ0n) is 16.5. The zero-order valence-corrected chi connectivity index (χ0v) is 16.5. The van der Waals surface area contributed by atoms with Crippen LogP contribution < -0.4 is 0 Å². The molecule has 0 aliphatic rings. The highest BCUT2D eigenvalue weighted by Crippen LogP contribution is 2.26. The molecule has 0 amide bonds. The molecule has 0 radical (unpaired) electrons. The minimum Gasteiger partial charge on any atom is -0.508 e. The summed E-state index contributed by atoms with van der Waals surface area (Å²) in [5.41, 5.74) is 11.7. The number of rotatable bonds is 4. The minimum atomic E-state index is 0.374. The van der Waals surface area contributed by atoms with E-state index in [1.807, 2.05) is 18.2 Å². The molecule has 0 aliphatic carbocycles. The van der Waals surface area contributed by atoms with Gasteiger partial charge in [-0.25, -0.2) is 0 Å². The lowest BCUT2D eigenvalue weighted by Gasteiger charge is -2.15. The van der Waals surface area contributed by atoms with E-state index in [-0.39, 0.29) is 0 Å².